The maximum Gasteiger partial charge on any atom is 0.135 e. The predicted octanol–water partition coefficient (Wildman–Crippen LogP) is 4.53. The van der Waals surface area contributed by atoms with Gasteiger partial charge in [-0.05, 0) is 24.1 Å². The van der Waals surface area contributed by atoms with Crippen molar-refractivity contribution in [3.63, 3.8) is 0 Å². The topological polar surface area (TPSA) is 49.8 Å². The molecule has 3 aromatic rings. The number of hydrogen-bond donors (Lipinski definition) is 2. The normalized spacial score (nSPS) is 10.4. The molecule has 122 valence electrons. The van der Waals surface area contributed by atoms with Crippen molar-refractivity contribution >= 4 is 17.3 Å². The average Bonchev–Trinajstić information content (AvgIpc) is 2.62. The molecule has 0 bridgehead atoms. The monoisotopic (exact) mass is 322 g/mol. The molecule has 0 radical (unpaired) electrons. The number of aromatic nitrogens is 2. The van der Waals surface area contributed by atoms with Crippen LogP contribution in [0.25, 0.3) is 0 Å². The van der Waals surface area contributed by atoms with Crippen LogP contribution in [0, 0.1) is 5.82 Å². The predicted molar refractivity (Wildman–Crippen MR) is 94.9 cm³/mol. The molecule has 1 heterocycles. The highest BCUT2D eigenvalue weighted by atomic mass is 19.1. The van der Waals surface area contributed by atoms with Gasteiger partial charge in [0, 0.05) is 23.9 Å². The van der Waals surface area contributed by atoms with Crippen LogP contribution in [-0.2, 0) is 13.0 Å². The lowest BCUT2D eigenvalue weighted by Crippen LogP contribution is -2.05. The number of anilines is 3. The Balaban J connectivity index is 1.71. The van der Waals surface area contributed by atoms with E-state index in [0.717, 1.165) is 12.1 Å². The second-order valence-electron chi connectivity index (χ2n) is 5.37. The molecule has 5 heteroatoms. The minimum Gasteiger partial charge on any atom is -0.366 e. The fourth-order valence-corrected chi connectivity index (χ4v) is 2.44. The Hall–Kier alpha value is -2.95. The zero-order valence-corrected chi connectivity index (χ0v) is 13.5. The molecule has 1 aromatic heterocycles. The van der Waals surface area contributed by atoms with E-state index in [0.29, 0.717) is 23.7 Å². The van der Waals surface area contributed by atoms with E-state index in [1.165, 1.54) is 18.0 Å². The van der Waals surface area contributed by atoms with Gasteiger partial charge in [-0.25, -0.2) is 14.4 Å². The quantitative estimate of drug-likeness (QED) is 0.700. The first kappa shape index (κ1) is 15.9. The largest absolute Gasteiger partial charge is 0.366 e. The maximum absolute atomic E-state index is 13.7. The summed E-state index contributed by atoms with van der Waals surface area (Å²) in [7, 11) is 0. The van der Waals surface area contributed by atoms with Crippen LogP contribution in [0.4, 0.5) is 21.7 Å². The van der Waals surface area contributed by atoms with E-state index >= 15 is 0 Å². The van der Waals surface area contributed by atoms with Crippen molar-refractivity contribution in [2.24, 2.45) is 0 Å². The third-order valence-corrected chi connectivity index (χ3v) is 3.75. The van der Waals surface area contributed by atoms with Crippen LogP contribution in [-0.4, -0.2) is 9.97 Å². The van der Waals surface area contributed by atoms with Gasteiger partial charge in [-0.2, -0.15) is 0 Å². The van der Waals surface area contributed by atoms with Gasteiger partial charge >= 0.3 is 0 Å². The van der Waals surface area contributed by atoms with E-state index < -0.39 is 0 Å². The summed E-state index contributed by atoms with van der Waals surface area (Å²) in [5.41, 5.74) is 2.85. The number of halogens is 1. The minimum absolute atomic E-state index is 0.228. The molecule has 0 unspecified atom stereocenters. The molecule has 24 heavy (non-hydrogen) atoms. The number of nitrogens with one attached hydrogen (secondary N) is 2. The van der Waals surface area contributed by atoms with Crippen LogP contribution in [0.2, 0.25) is 0 Å². The Morgan fingerprint density at radius 1 is 0.917 bits per heavy atom. The molecule has 0 amide bonds. The van der Waals surface area contributed by atoms with Crippen molar-refractivity contribution in [1.82, 2.24) is 9.97 Å². The molecule has 4 nitrogen and oxygen atoms in total. The van der Waals surface area contributed by atoms with Crippen LogP contribution in [0.1, 0.15) is 18.1 Å². The van der Waals surface area contributed by atoms with E-state index in [4.69, 9.17) is 0 Å². The SMILES string of the molecule is CCc1ccccc1Nc1cc(NCc2ccccc2F)ncn1. The Morgan fingerprint density at radius 2 is 1.62 bits per heavy atom. The number of nitrogens with zero attached hydrogens (tertiary/aromatic N) is 2. The van der Waals surface area contributed by atoms with Gasteiger partial charge in [0.1, 0.15) is 23.8 Å². The van der Waals surface area contributed by atoms with Gasteiger partial charge in [0.25, 0.3) is 0 Å². The smallest absolute Gasteiger partial charge is 0.135 e. The van der Waals surface area contributed by atoms with Crippen molar-refractivity contribution < 1.29 is 4.39 Å². The van der Waals surface area contributed by atoms with Crippen molar-refractivity contribution in [3.05, 3.63) is 77.9 Å². The zero-order valence-electron chi connectivity index (χ0n) is 13.5. The number of benzene rings is 2. The molecule has 0 fully saturated rings. The lowest BCUT2D eigenvalue weighted by Gasteiger charge is -2.11. The minimum atomic E-state index is -0.228. The Morgan fingerprint density at radius 3 is 2.42 bits per heavy atom. The van der Waals surface area contributed by atoms with Crippen LogP contribution >= 0.6 is 0 Å². The van der Waals surface area contributed by atoms with Crippen molar-refractivity contribution in [2.45, 2.75) is 19.9 Å². The van der Waals surface area contributed by atoms with Crippen molar-refractivity contribution in [2.75, 3.05) is 10.6 Å². The third kappa shape index (κ3) is 3.87. The lowest BCUT2D eigenvalue weighted by molar-refractivity contribution is 0.613. The number of aryl methyl sites for hydroxylation is 1. The fraction of sp³-hybridized carbons (Fsp3) is 0.158. The third-order valence-electron chi connectivity index (χ3n) is 3.75. The second kappa shape index (κ2) is 7.55. The van der Waals surface area contributed by atoms with Crippen molar-refractivity contribution in [3.8, 4) is 0 Å². The van der Waals surface area contributed by atoms with Gasteiger partial charge in [-0.3, -0.25) is 0 Å². The highest BCUT2D eigenvalue weighted by Gasteiger charge is 2.04. The summed E-state index contributed by atoms with van der Waals surface area (Å²) in [4.78, 5) is 8.43. The lowest BCUT2D eigenvalue weighted by atomic mass is 10.1. The molecule has 0 saturated carbocycles. The summed E-state index contributed by atoms with van der Waals surface area (Å²) in [5.74, 6) is 1.11. The molecule has 2 aromatic carbocycles. The summed E-state index contributed by atoms with van der Waals surface area (Å²) >= 11 is 0. The first-order chi connectivity index (χ1) is 11.8. The molecule has 0 saturated heterocycles. The van der Waals surface area contributed by atoms with E-state index in [-0.39, 0.29) is 5.82 Å². The molecule has 2 N–H and O–H groups in total. The maximum atomic E-state index is 13.7. The van der Waals surface area contributed by atoms with E-state index in [2.05, 4.69) is 33.6 Å². The molecule has 0 aliphatic carbocycles. The molecule has 0 aliphatic heterocycles. The summed E-state index contributed by atoms with van der Waals surface area (Å²) in [6.45, 7) is 2.48. The molecular formula is C19H19FN4. The van der Waals surface area contributed by atoms with Gasteiger partial charge in [0.05, 0.1) is 0 Å². The number of hydrogen-bond acceptors (Lipinski definition) is 4. The number of rotatable bonds is 6. The van der Waals surface area contributed by atoms with Crippen LogP contribution in [0.15, 0.2) is 60.9 Å². The van der Waals surface area contributed by atoms with E-state index in [1.807, 2.05) is 30.3 Å². The van der Waals surface area contributed by atoms with Crippen molar-refractivity contribution in [1.29, 1.82) is 0 Å². The number of para-hydroxylation sites is 1. The first-order valence-electron chi connectivity index (χ1n) is 7.90. The fourth-order valence-electron chi connectivity index (χ4n) is 2.44. The zero-order chi connectivity index (χ0) is 16.8. The Labute approximate surface area is 140 Å². The van der Waals surface area contributed by atoms with Gasteiger partial charge < -0.3 is 10.6 Å². The summed E-state index contributed by atoms with van der Waals surface area (Å²) in [6, 6.07) is 16.6. The van der Waals surface area contributed by atoms with E-state index in [9.17, 15) is 4.39 Å². The molecule has 3 rings (SSSR count). The van der Waals surface area contributed by atoms with Crippen LogP contribution in [0.3, 0.4) is 0 Å². The van der Waals surface area contributed by atoms with Crippen LogP contribution < -0.4 is 10.6 Å². The highest BCUT2D eigenvalue weighted by molar-refractivity contribution is 5.62. The Bertz CT molecular complexity index is 820. The second-order valence-corrected chi connectivity index (χ2v) is 5.37. The van der Waals surface area contributed by atoms with E-state index in [1.54, 1.807) is 12.1 Å². The summed E-state index contributed by atoms with van der Waals surface area (Å²) < 4.78 is 13.7. The molecule has 0 spiro atoms. The van der Waals surface area contributed by atoms with Gasteiger partial charge in [0.15, 0.2) is 0 Å². The standard InChI is InChI=1S/C19H19FN4/c1-2-14-7-4-6-10-17(14)24-19-11-18(22-13-23-19)21-12-15-8-3-5-9-16(15)20/h3-11,13H,2,12H2,1H3,(H2,21,22,23,24). The molecule has 0 atom stereocenters. The first-order valence-corrected chi connectivity index (χ1v) is 7.90. The Kier molecular flexibility index (Phi) is 5.01. The summed E-state index contributed by atoms with van der Waals surface area (Å²) in [6.07, 6.45) is 2.42. The molecule has 0 aliphatic rings. The van der Waals surface area contributed by atoms with Gasteiger partial charge in [-0.15, -0.1) is 0 Å². The molecular weight excluding hydrogens is 303 g/mol. The highest BCUT2D eigenvalue weighted by Crippen LogP contribution is 2.21. The van der Waals surface area contributed by atoms with Crippen LogP contribution in [0.5, 0.6) is 0 Å². The van der Waals surface area contributed by atoms with Gasteiger partial charge in [0.2, 0.25) is 0 Å². The van der Waals surface area contributed by atoms with Gasteiger partial charge in [-0.1, -0.05) is 43.3 Å². The average molecular weight is 322 g/mol. The summed E-state index contributed by atoms with van der Waals surface area (Å²) in [5, 5.41) is 6.43.